The normalized spacial score (nSPS) is 12.2. The average molecular weight is 279 g/mol. The third kappa shape index (κ3) is 3.73. The molecule has 0 aliphatic heterocycles. The highest BCUT2D eigenvalue weighted by atomic mass is 35.5. The van der Waals surface area contributed by atoms with Gasteiger partial charge in [-0.3, -0.25) is 10.1 Å². The zero-order chi connectivity index (χ0) is 13.0. The summed E-state index contributed by atoms with van der Waals surface area (Å²) in [6.07, 6.45) is 0. The molecular formula is C10H12Cl2N2O3. The lowest BCUT2D eigenvalue weighted by Crippen LogP contribution is -2.15. The first-order valence-electron chi connectivity index (χ1n) is 4.94. The minimum absolute atomic E-state index is 0.0369. The Morgan fingerprint density at radius 2 is 2.00 bits per heavy atom. The van der Waals surface area contributed by atoms with Crippen LogP contribution in [0.5, 0.6) is 0 Å². The molecule has 0 radical (unpaired) electrons. The highest BCUT2D eigenvalue weighted by molar-refractivity contribution is 6.39. The van der Waals surface area contributed by atoms with Crippen LogP contribution in [0, 0.1) is 16.0 Å². The van der Waals surface area contributed by atoms with Gasteiger partial charge in [-0.1, -0.05) is 30.1 Å². The molecule has 0 fully saturated rings. The van der Waals surface area contributed by atoms with Crippen molar-refractivity contribution >= 4 is 34.6 Å². The first kappa shape index (κ1) is 14.0. The minimum atomic E-state index is -0.558. The average Bonchev–Trinajstić information content (AvgIpc) is 2.27. The quantitative estimate of drug-likeness (QED) is 0.641. The van der Waals surface area contributed by atoms with Crippen LogP contribution >= 0.6 is 23.2 Å². The number of aliphatic hydroxyl groups is 1. The predicted octanol–water partition coefficient (Wildman–Crippen LogP) is 2.94. The molecule has 1 aromatic carbocycles. The van der Waals surface area contributed by atoms with E-state index in [1.807, 2.05) is 6.92 Å². The Labute approximate surface area is 108 Å². The van der Waals surface area contributed by atoms with Crippen LogP contribution in [0.25, 0.3) is 0 Å². The number of hydrogen-bond acceptors (Lipinski definition) is 4. The van der Waals surface area contributed by atoms with E-state index in [0.29, 0.717) is 12.2 Å². The number of anilines is 1. The van der Waals surface area contributed by atoms with Crippen molar-refractivity contribution in [2.24, 2.45) is 5.92 Å². The Kier molecular flexibility index (Phi) is 4.99. The number of halogens is 2. The molecule has 0 saturated heterocycles. The molecule has 0 amide bonds. The molecule has 0 spiro atoms. The molecule has 17 heavy (non-hydrogen) atoms. The molecule has 1 rings (SSSR count). The molecule has 0 aliphatic rings. The summed E-state index contributed by atoms with van der Waals surface area (Å²) in [7, 11) is 0. The maximum absolute atomic E-state index is 10.6. The van der Waals surface area contributed by atoms with Gasteiger partial charge in [-0.15, -0.1) is 0 Å². The van der Waals surface area contributed by atoms with Crippen LogP contribution in [0.1, 0.15) is 6.92 Å². The number of non-ortho nitro benzene ring substituents is 1. The molecule has 94 valence electrons. The van der Waals surface area contributed by atoms with Gasteiger partial charge in [0.05, 0.1) is 20.7 Å². The minimum Gasteiger partial charge on any atom is -0.396 e. The fourth-order valence-corrected chi connectivity index (χ4v) is 1.78. The lowest BCUT2D eigenvalue weighted by Gasteiger charge is -2.13. The smallest absolute Gasteiger partial charge is 0.272 e. The largest absolute Gasteiger partial charge is 0.396 e. The SMILES string of the molecule is CC(CO)CNc1c(Cl)cc([N+](=O)[O-])cc1Cl. The number of nitro groups is 1. The van der Waals surface area contributed by atoms with Gasteiger partial charge in [-0.2, -0.15) is 0 Å². The summed E-state index contributed by atoms with van der Waals surface area (Å²) >= 11 is 11.8. The zero-order valence-corrected chi connectivity index (χ0v) is 10.6. The Balaban J connectivity index is 2.90. The first-order chi connectivity index (χ1) is 7.95. The summed E-state index contributed by atoms with van der Waals surface area (Å²) in [6, 6.07) is 2.47. The van der Waals surface area contributed by atoms with Gasteiger partial charge in [0.1, 0.15) is 0 Å². The van der Waals surface area contributed by atoms with Gasteiger partial charge in [0, 0.05) is 25.3 Å². The summed E-state index contributed by atoms with van der Waals surface area (Å²) < 4.78 is 0. The second-order valence-corrected chi connectivity index (χ2v) is 4.52. The van der Waals surface area contributed by atoms with E-state index in [4.69, 9.17) is 28.3 Å². The molecule has 1 aromatic rings. The van der Waals surface area contributed by atoms with E-state index in [0.717, 1.165) is 0 Å². The van der Waals surface area contributed by atoms with Crippen molar-refractivity contribution in [2.75, 3.05) is 18.5 Å². The molecule has 5 nitrogen and oxygen atoms in total. The second kappa shape index (κ2) is 6.05. The van der Waals surface area contributed by atoms with E-state index in [9.17, 15) is 10.1 Å². The lowest BCUT2D eigenvalue weighted by atomic mass is 10.2. The van der Waals surface area contributed by atoms with E-state index in [-0.39, 0.29) is 28.3 Å². The molecule has 1 unspecified atom stereocenters. The van der Waals surface area contributed by atoms with Crippen molar-refractivity contribution in [2.45, 2.75) is 6.92 Å². The number of nitrogens with one attached hydrogen (secondary N) is 1. The van der Waals surface area contributed by atoms with Crippen molar-refractivity contribution in [3.63, 3.8) is 0 Å². The third-order valence-electron chi connectivity index (χ3n) is 2.18. The van der Waals surface area contributed by atoms with Gasteiger partial charge in [-0.25, -0.2) is 0 Å². The molecule has 2 N–H and O–H groups in total. The van der Waals surface area contributed by atoms with Crippen molar-refractivity contribution in [3.05, 3.63) is 32.3 Å². The Bertz CT molecular complexity index is 403. The van der Waals surface area contributed by atoms with E-state index >= 15 is 0 Å². The Hall–Kier alpha value is -1.04. The van der Waals surface area contributed by atoms with Crippen LogP contribution in [0.2, 0.25) is 10.0 Å². The Morgan fingerprint density at radius 1 is 1.47 bits per heavy atom. The van der Waals surface area contributed by atoms with Gasteiger partial charge >= 0.3 is 0 Å². The standard InChI is InChI=1S/C10H12Cl2N2O3/c1-6(5-15)4-13-10-8(11)2-7(14(16)17)3-9(10)12/h2-3,6,13,15H,4-5H2,1H3. The van der Waals surface area contributed by atoms with Gasteiger partial charge < -0.3 is 10.4 Å². The molecule has 1 atom stereocenters. The highest BCUT2D eigenvalue weighted by Gasteiger charge is 2.14. The molecule has 0 aromatic heterocycles. The van der Waals surface area contributed by atoms with E-state index < -0.39 is 4.92 Å². The second-order valence-electron chi connectivity index (χ2n) is 3.71. The van der Waals surface area contributed by atoms with Crippen LogP contribution in [-0.2, 0) is 0 Å². The molecular weight excluding hydrogens is 267 g/mol. The van der Waals surface area contributed by atoms with E-state index in [1.54, 1.807) is 0 Å². The summed E-state index contributed by atoms with van der Waals surface area (Å²) in [5.74, 6) is 0.0392. The summed E-state index contributed by atoms with van der Waals surface area (Å²) in [4.78, 5) is 10.0. The van der Waals surface area contributed by atoms with Crippen molar-refractivity contribution in [1.82, 2.24) is 0 Å². The molecule has 0 aliphatic carbocycles. The lowest BCUT2D eigenvalue weighted by molar-refractivity contribution is -0.384. The topological polar surface area (TPSA) is 75.4 Å². The number of benzene rings is 1. The van der Waals surface area contributed by atoms with Crippen LogP contribution in [0.15, 0.2) is 12.1 Å². The van der Waals surface area contributed by atoms with Gasteiger partial charge in [-0.05, 0) is 5.92 Å². The van der Waals surface area contributed by atoms with E-state index in [1.165, 1.54) is 12.1 Å². The summed E-state index contributed by atoms with van der Waals surface area (Å²) in [5.41, 5.74) is 0.292. The van der Waals surface area contributed by atoms with Gasteiger partial charge in [0.15, 0.2) is 0 Å². The maximum Gasteiger partial charge on any atom is 0.272 e. The number of nitro benzene ring substituents is 1. The van der Waals surface area contributed by atoms with Crippen LogP contribution in [0.3, 0.4) is 0 Å². The zero-order valence-electron chi connectivity index (χ0n) is 9.11. The Morgan fingerprint density at radius 3 is 2.41 bits per heavy atom. The number of hydrogen-bond donors (Lipinski definition) is 2. The summed E-state index contributed by atoms with van der Waals surface area (Å²) in [6.45, 7) is 2.36. The highest BCUT2D eigenvalue weighted by Crippen LogP contribution is 2.34. The summed E-state index contributed by atoms with van der Waals surface area (Å²) in [5, 5.41) is 22.8. The predicted molar refractivity (Wildman–Crippen MR) is 67.9 cm³/mol. The molecule has 7 heteroatoms. The maximum atomic E-state index is 10.6. The van der Waals surface area contributed by atoms with Crippen molar-refractivity contribution < 1.29 is 10.0 Å². The monoisotopic (exact) mass is 278 g/mol. The van der Waals surface area contributed by atoms with Crippen LogP contribution in [0.4, 0.5) is 11.4 Å². The molecule has 0 saturated carbocycles. The van der Waals surface area contributed by atoms with Gasteiger partial charge in [0.25, 0.3) is 5.69 Å². The number of nitrogens with zero attached hydrogens (tertiary/aromatic N) is 1. The number of rotatable bonds is 5. The number of aliphatic hydroxyl groups excluding tert-OH is 1. The van der Waals surface area contributed by atoms with Crippen molar-refractivity contribution in [1.29, 1.82) is 0 Å². The fraction of sp³-hybridized carbons (Fsp3) is 0.400. The van der Waals surface area contributed by atoms with Crippen LogP contribution in [-0.4, -0.2) is 23.2 Å². The van der Waals surface area contributed by atoms with E-state index in [2.05, 4.69) is 5.32 Å². The third-order valence-corrected chi connectivity index (χ3v) is 2.77. The van der Waals surface area contributed by atoms with Crippen LogP contribution < -0.4 is 5.32 Å². The molecule has 0 heterocycles. The fourth-order valence-electron chi connectivity index (χ4n) is 1.17. The first-order valence-corrected chi connectivity index (χ1v) is 5.69. The molecule has 0 bridgehead atoms. The van der Waals surface area contributed by atoms with Crippen molar-refractivity contribution in [3.8, 4) is 0 Å². The van der Waals surface area contributed by atoms with Gasteiger partial charge in [0.2, 0.25) is 0 Å².